The number of rotatable bonds is 6. The fourth-order valence-corrected chi connectivity index (χ4v) is 5.86. The summed E-state index contributed by atoms with van der Waals surface area (Å²) in [5.74, 6) is 2.35. The highest BCUT2D eigenvalue weighted by Gasteiger charge is 2.39. The number of hydrogen-bond donors (Lipinski definition) is 1. The lowest BCUT2D eigenvalue weighted by Gasteiger charge is -2.45. The predicted octanol–water partition coefficient (Wildman–Crippen LogP) is 4.26. The molecule has 9 heteroatoms. The summed E-state index contributed by atoms with van der Waals surface area (Å²) < 4.78 is 0. The molecule has 4 saturated heterocycles. The van der Waals surface area contributed by atoms with Crippen LogP contribution >= 0.6 is 37.2 Å². The normalized spacial score (nSPS) is 25.7. The molecule has 34 heavy (non-hydrogen) atoms. The molecule has 2 atom stereocenters. The van der Waals surface area contributed by atoms with Gasteiger partial charge in [0.25, 0.3) is 5.91 Å². The molecular weight excluding hydrogens is 493 g/mol. The van der Waals surface area contributed by atoms with Gasteiger partial charge in [-0.15, -0.1) is 37.2 Å². The molecule has 0 spiro atoms. The van der Waals surface area contributed by atoms with Crippen molar-refractivity contribution >= 4 is 48.9 Å². The molecular formula is C25H42Cl3N5O. The minimum Gasteiger partial charge on any atom is -0.355 e. The number of anilines is 1. The first-order chi connectivity index (χ1) is 15.1. The highest BCUT2D eigenvalue weighted by atomic mass is 35.5. The zero-order chi connectivity index (χ0) is 21.4. The summed E-state index contributed by atoms with van der Waals surface area (Å²) in [4.78, 5) is 25.3. The molecule has 0 radical (unpaired) electrons. The third kappa shape index (κ3) is 6.91. The van der Waals surface area contributed by atoms with Gasteiger partial charge >= 0.3 is 0 Å². The van der Waals surface area contributed by atoms with Crippen molar-refractivity contribution in [1.29, 1.82) is 0 Å². The number of pyridine rings is 1. The Balaban J connectivity index is 0.00000136. The van der Waals surface area contributed by atoms with E-state index in [2.05, 4.69) is 39.9 Å². The molecule has 0 aromatic carbocycles. The van der Waals surface area contributed by atoms with Crippen molar-refractivity contribution in [1.82, 2.24) is 20.1 Å². The third-order valence-corrected chi connectivity index (χ3v) is 7.99. The van der Waals surface area contributed by atoms with E-state index in [9.17, 15) is 4.79 Å². The molecule has 5 fully saturated rings. The minimum atomic E-state index is -0.0231. The summed E-state index contributed by atoms with van der Waals surface area (Å²) >= 11 is 0. The monoisotopic (exact) mass is 533 g/mol. The van der Waals surface area contributed by atoms with Crippen LogP contribution in [0, 0.1) is 11.8 Å². The van der Waals surface area contributed by atoms with Crippen molar-refractivity contribution in [3.63, 3.8) is 0 Å². The first-order valence-corrected chi connectivity index (χ1v) is 12.6. The van der Waals surface area contributed by atoms with Crippen LogP contribution in [-0.2, 0) is 0 Å². The van der Waals surface area contributed by atoms with Crippen LogP contribution in [0.15, 0.2) is 18.2 Å². The van der Waals surface area contributed by atoms with E-state index in [4.69, 9.17) is 4.98 Å². The molecule has 2 bridgehead atoms. The maximum Gasteiger partial charge on any atom is 0.269 e. The van der Waals surface area contributed by atoms with Gasteiger partial charge in [0.1, 0.15) is 11.5 Å². The van der Waals surface area contributed by atoms with Crippen molar-refractivity contribution in [3.05, 3.63) is 23.9 Å². The van der Waals surface area contributed by atoms with Crippen molar-refractivity contribution in [2.24, 2.45) is 11.8 Å². The lowest BCUT2D eigenvalue weighted by molar-refractivity contribution is 0.0373. The Bertz CT molecular complexity index is 786. The van der Waals surface area contributed by atoms with Gasteiger partial charge in [0.15, 0.2) is 0 Å². The van der Waals surface area contributed by atoms with Gasteiger partial charge in [0.05, 0.1) is 0 Å². The number of amides is 1. The average molecular weight is 535 g/mol. The number of nitrogens with zero attached hydrogens (tertiary/aromatic N) is 4. The quantitative estimate of drug-likeness (QED) is 0.591. The molecule has 5 aliphatic rings. The second-order valence-corrected chi connectivity index (χ2v) is 10.6. The van der Waals surface area contributed by atoms with Crippen LogP contribution in [0.5, 0.6) is 0 Å². The molecule has 194 valence electrons. The first-order valence-electron chi connectivity index (χ1n) is 12.6. The van der Waals surface area contributed by atoms with E-state index in [-0.39, 0.29) is 43.1 Å². The Kier molecular flexibility index (Phi) is 11.2. The molecule has 6 rings (SSSR count). The van der Waals surface area contributed by atoms with Crippen LogP contribution in [0.1, 0.15) is 62.9 Å². The van der Waals surface area contributed by atoms with Crippen molar-refractivity contribution in [2.45, 2.75) is 70.5 Å². The van der Waals surface area contributed by atoms with Crippen molar-refractivity contribution in [2.75, 3.05) is 44.2 Å². The lowest BCUT2D eigenvalue weighted by Crippen LogP contribution is -2.53. The van der Waals surface area contributed by atoms with E-state index < -0.39 is 0 Å². The maximum atomic E-state index is 12.5. The summed E-state index contributed by atoms with van der Waals surface area (Å²) in [5.41, 5.74) is 0.563. The molecule has 4 aliphatic heterocycles. The number of halogens is 3. The van der Waals surface area contributed by atoms with E-state index in [1.807, 2.05) is 12.1 Å². The highest BCUT2D eigenvalue weighted by Crippen LogP contribution is 2.34. The Morgan fingerprint density at radius 1 is 0.971 bits per heavy atom. The van der Waals surface area contributed by atoms with Gasteiger partial charge < -0.3 is 15.1 Å². The second-order valence-electron chi connectivity index (χ2n) is 10.6. The van der Waals surface area contributed by atoms with Gasteiger partial charge in [0.2, 0.25) is 0 Å². The van der Waals surface area contributed by atoms with Gasteiger partial charge in [-0.25, -0.2) is 4.98 Å². The largest absolute Gasteiger partial charge is 0.355 e. The van der Waals surface area contributed by atoms with Crippen LogP contribution < -0.4 is 10.2 Å². The number of carbonyl (C=O) groups excluding carboxylic acids is 1. The summed E-state index contributed by atoms with van der Waals surface area (Å²) in [6.45, 7) is 11.2. The number of piperidine rings is 2. The van der Waals surface area contributed by atoms with Crippen LogP contribution in [0.25, 0.3) is 0 Å². The number of carbonyl (C=O) groups is 1. The fourth-order valence-electron chi connectivity index (χ4n) is 5.86. The first kappa shape index (κ1) is 29.4. The van der Waals surface area contributed by atoms with E-state index in [1.165, 1.54) is 58.2 Å². The topological polar surface area (TPSA) is 51.7 Å². The van der Waals surface area contributed by atoms with Crippen LogP contribution in [0.4, 0.5) is 5.82 Å². The standard InChI is InChI=1S/C25H39N5O.3ClH/c1-18(2)28-12-10-21(11-13-28)30-16-20-8-9-22(30)17-29(15-20)24-5-3-4-23(27-24)25(31)26-14-19-6-7-19;;;/h3-5,18-22H,6-17H2,1-2H3,(H,26,31);3*1H. The number of hydrogen-bond acceptors (Lipinski definition) is 5. The second kappa shape index (κ2) is 13.0. The molecule has 1 N–H and O–H groups in total. The summed E-state index contributed by atoms with van der Waals surface area (Å²) in [7, 11) is 0. The zero-order valence-corrected chi connectivity index (χ0v) is 23.0. The van der Waals surface area contributed by atoms with E-state index in [0.29, 0.717) is 29.6 Å². The maximum absolute atomic E-state index is 12.5. The minimum absolute atomic E-state index is 0. The molecule has 6 nitrogen and oxygen atoms in total. The van der Waals surface area contributed by atoms with Crippen LogP contribution in [0.2, 0.25) is 0 Å². The molecule has 5 heterocycles. The predicted molar refractivity (Wildman–Crippen MR) is 146 cm³/mol. The average Bonchev–Trinajstić information content (AvgIpc) is 3.65. The molecule has 1 aromatic heterocycles. The molecule has 1 aromatic rings. The van der Waals surface area contributed by atoms with Gasteiger partial charge in [-0.2, -0.15) is 0 Å². The van der Waals surface area contributed by atoms with Gasteiger partial charge in [-0.3, -0.25) is 9.69 Å². The van der Waals surface area contributed by atoms with Crippen LogP contribution in [0.3, 0.4) is 0 Å². The molecule has 1 saturated carbocycles. The third-order valence-electron chi connectivity index (χ3n) is 7.99. The van der Waals surface area contributed by atoms with E-state index >= 15 is 0 Å². The van der Waals surface area contributed by atoms with Crippen LogP contribution in [-0.4, -0.2) is 78.1 Å². The van der Waals surface area contributed by atoms with Gasteiger partial charge in [-0.05, 0) is 89.4 Å². The molecule has 1 amide bonds. The number of nitrogens with one attached hydrogen (secondary N) is 1. The summed E-state index contributed by atoms with van der Waals surface area (Å²) in [6, 6.07) is 7.96. The summed E-state index contributed by atoms with van der Waals surface area (Å²) in [6.07, 6.45) is 7.72. The fraction of sp³-hybridized carbons (Fsp3) is 0.760. The lowest BCUT2D eigenvalue weighted by atomic mass is 9.90. The SMILES string of the molecule is CC(C)N1CCC(N2CC3CCC2CN(c2cccc(C(=O)NCC4CC4)n2)C3)CC1.Cl.Cl.Cl. The zero-order valence-electron chi connectivity index (χ0n) is 20.5. The Labute approximate surface area is 223 Å². The smallest absolute Gasteiger partial charge is 0.269 e. The number of likely N-dealkylation sites (tertiary alicyclic amines) is 1. The van der Waals surface area contributed by atoms with E-state index in [0.717, 1.165) is 31.5 Å². The van der Waals surface area contributed by atoms with Crippen molar-refractivity contribution < 1.29 is 4.79 Å². The summed E-state index contributed by atoms with van der Waals surface area (Å²) in [5, 5.41) is 3.06. The highest BCUT2D eigenvalue weighted by molar-refractivity contribution is 5.92. The van der Waals surface area contributed by atoms with E-state index in [1.54, 1.807) is 0 Å². The number of aromatic nitrogens is 1. The Morgan fingerprint density at radius 3 is 2.38 bits per heavy atom. The Morgan fingerprint density at radius 2 is 1.71 bits per heavy atom. The van der Waals surface area contributed by atoms with Gasteiger partial charge in [0, 0.05) is 44.3 Å². The Hall–Kier alpha value is -0.790. The molecule has 2 unspecified atom stereocenters. The molecule has 1 aliphatic carbocycles. The number of fused-ring (bicyclic) bond motifs is 4. The van der Waals surface area contributed by atoms with Crippen molar-refractivity contribution in [3.8, 4) is 0 Å². The van der Waals surface area contributed by atoms with Gasteiger partial charge in [-0.1, -0.05) is 6.07 Å².